The molecular formula is C25H22ClIN2O4. The average Bonchev–Trinajstić information content (AvgIpc) is 2.78. The minimum absolute atomic E-state index is 0.0178. The zero-order valence-electron chi connectivity index (χ0n) is 18.0. The number of rotatable bonds is 6. The molecule has 33 heavy (non-hydrogen) atoms. The highest BCUT2D eigenvalue weighted by Crippen LogP contribution is 2.46. The van der Waals surface area contributed by atoms with Gasteiger partial charge in [-0.25, -0.2) is 0 Å². The van der Waals surface area contributed by atoms with Gasteiger partial charge in [0.1, 0.15) is 24.0 Å². The molecular weight excluding hydrogens is 555 g/mol. The van der Waals surface area contributed by atoms with E-state index in [0.717, 1.165) is 14.7 Å². The molecule has 0 saturated carbocycles. The van der Waals surface area contributed by atoms with Gasteiger partial charge in [0.25, 0.3) is 0 Å². The highest BCUT2D eigenvalue weighted by Gasteiger charge is 2.38. The lowest BCUT2D eigenvalue weighted by molar-refractivity contribution is -0.116. The summed E-state index contributed by atoms with van der Waals surface area (Å²) in [6.07, 6.45) is 1.75. The molecule has 1 aliphatic heterocycles. The Balaban J connectivity index is 1.76. The van der Waals surface area contributed by atoms with Crippen LogP contribution in [0.2, 0.25) is 5.02 Å². The van der Waals surface area contributed by atoms with Crippen LogP contribution in [0.15, 0.2) is 59.2 Å². The number of ether oxygens (including phenoxy) is 3. The Morgan fingerprint density at radius 3 is 2.82 bits per heavy atom. The van der Waals surface area contributed by atoms with Gasteiger partial charge in [0, 0.05) is 23.4 Å². The molecule has 4 rings (SSSR count). The molecule has 1 heterocycles. The van der Waals surface area contributed by atoms with E-state index >= 15 is 0 Å². The molecule has 0 fully saturated rings. The highest BCUT2D eigenvalue weighted by molar-refractivity contribution is 14.1. The van der Waals surface area contributed by atoms with Crippen molar-refractivity contribution in [1.29, 1.82) is 5.26 Å². The second-order valence-electron chi connectivity index (χ2n) is 7.72. The first-order valence-electron chi connectivity index (χ1n) is 10.6. The first-order chi connectivity index (χ1) is 15.9. The quantitative estimate of drug-likeness (QED) is 0.441. The van der Waals surface area contributed by atoms with Crippen molar-refractivity contribution in [2.75, 3.05) is 6.61 Å². The van der Waals surface area contributed by atoms with Gasteiger partial charge in [0.05, 0.1) is 16.1 Å². The van der Waals surface area contributed by atoms with Crippen molar-refractivity contribution >= 4 is 40.0 Å². The summed E-state index contributed by atoms with van der Waals surface area (Å²) in [5.41, 5.74) is 8.49. The number of halogens is 2. The summed E-state index contributed by atoms with van der Waals surface area (Å²) in [5, 5.41) is 10.5. The molecule has 2 aliphatic rings. The van der Waals surface area contributed by atoms with Crippen LogP contribution in [0.25, 0.3) is 0 Å². The fourth-order valence-corrected chi connectivity index (χ4v) is 5.12. The Hall–Kier alpha value is -2.70. The van der Waals surface area contributed by atoms with Crippen LogP contribution in [0.5, 0.6) is 11.5 Å². The van der Waals surface area contributed by atoms with E-state index < -0.39 is 5.92 Å². The van der Waals surface area contributed by atoms with Crippen LogP contribution >= 0.6 is 34.2 Å². The maximum Gasteiger partial charge on any atom is 0.205 e. The van der Waals surface area contributed by atoms with Crippen LogP contribution in [-0.2, 0) is 16.1 Å². The first kappa shape index (κ1) is 23.5. The smallest absolute Gasteiger partial charge is 0.205 e. The number of nitrogens with two attached hydrogens (primary N) is 1. The standard InChI is InChI=1S/C25H22ClIN2O4/c1-2-31-21-11-15(10-18(27)24(21)32-13-14-5-3-6-16(26)9-14)22-17(12-28)25(29)33-20-8-4-7-19(30)23(20)22/h3,5-6,9-11,22H,2,4,7-8,13,29H2,1H3/t22-/m1/s1. The average molecular weight is 577 g/mol. The van der Waals surface area contributed by atoms with Crippen molar-refractivity contribution in [3.63, 3.8) is 0 Å². The maximum atomic E-state index is 12.9. The number of Topliss-reactive ketones (excluding diaryl/α,β-unsaturated/α-hetero) is 1. The molecule has 0 unspecified atom stereocenters. The number of nitriles is 1. The third kappa shape index (κ3) is 4.82. The number of carbonyl (C=O) groups excluding carboxylic acids is 1. The van der Waals surface area contributed by atoms with E-state index in [4.69, 9.17) is 31.5 Å². The number of ketones is 1. The topological polar surface area (TPSA) is 94.6 Å². The highest BCUT2D eigenvalue weighted by atomic mass is 127. The SMILES string of the molecule is CCOc1cc([C@@H]2C(C#N)=C(N)OC3=C2C(=O)CCC3)cc(I)c1OCc1cccc(Cl)c1. The molecule has 0 spiro atoms. The van der Waals surface area contributed by atoms with Crippen molar-refractivity contribution in [1.82, 2.24) is 0 Å². The summed E-state index contributed by atoms with van der Waals surface area (Å²) >= 11 is 8.27. The molecule has 6 nitrogen and oxygen atoms in total. The van der Waals surface area contributed by atoms with Crippen molar-refractivity contribution in [3.8, 4) is 17.6 Å². The largest absolute Gasteiger partial charge is 0.490 e. The van der Waals surface area contributed by atoms with E-state index in [1.54, 1.807) is 0 Å². The number of hydrogen-bond acceptors (Lipinski definition) is 6. The van der Waals surface area contributed by atoms with Gasteiger partial charge in [0.2, 0.25) is 5.88 Å². The third-order valence-electron chi connectivity index (χ3n) is 5.54. The Bertz CT molecular complexity index is 1220. The van der Waals surface area contributed by atoms with Crippen molar-refractivity contribution in [2.24, 2.45) is 5.73 Å². The predicted molar refractivity (Wildman–Crippen MR) is 133 cm³/mol. The molecule has 1 atom stereocenters. The zero-order chi connectivity index (χ0) is 23.5. The van der Waals surface area contributed by atoms with Gasteiger partial charge < -0.3 is 19.9 Å². The minimum atomic E-state index is -0.596. The lowest BCUT2D eigenvalue weighted by atomic mass is 9.77. The summed E-state index contributed by atoms with van der Waals surface area (Å²) in [6.45, 7) is 2.63. The molecule has 8 heteroatoms. The van der Waals surface area contributed by atoms with Crippen molar-refractivity contribution in [3.05, 3.63) is 78.9 Å². The molecule has 2 aromatic rings. The molecule has 0 amide bonds. The van der Waals surface area contributed by atoms with Crippen LogP contribution in [0.1, 0.15) is 43.2 Å². The van der Waals surface area contributed by atoms with Crippen LogP contribution < -0.4 is 15.2 Å². The monoisotopic (exact) mass is 576 g/mol. The van der Waals surface area contributed by atoms with Crippen molar-refractivity contribution < 1.29 is 19.0 Å². The molecule has 0 saturated heterocycles. The number of hydrogen-bond donors (Lipinski definition) is 1. The van der Waals surface area contributed by atoms with Gasteiger partial charge in [-0.05, 0) is 71.3 Å². The Morgan fingerprint density at radius 1 is 1.27 bits per heavy atom. The Morgan fingerprint density at radius 2 is 2.09 bits per heavy atom. The van der Waals surface area contributed by atoms with Crippen LogP contribution in [0.4, 0.5) is 0 Å². The van der Waals surface area contributed by atoms with E-state index in [1.807, 2.05) is 43.3 Å². The first-order valence-corrected chi connectivity index (χ1v) is 12.1. The summed E-state index contributed by atoms with van der Waals surface area (Å²) in [6, 6.07) is 13.3. The van der Waals surface area contributed by atoms with E-state index in [1.165, 1.54) is 0 Å². The van der Waals surface area contributed by atoms with Crippen LogP contribution in [0, 0.1) is 14.9 Å². The number of carbonyl (C=O) groups is 1. The van der Waals surface area contributed by atoms with Gasteiger partial charge in [-0.15, -0.1) is 0 Å². The molecule has 2 N–H and O–H groups in total. The lowest BCUT2D eigenvalue weighted by Gasteiger charge is -2.31. The summed E-state index contributed by atoms with van der Waals surface area (Å²) in [7, 11) is 0. The number of allylic oxidation sites excluding steroid dienone is 3. The van der Waals surface area contributed by atoms with Crippen LogP contribution in [-0.4, -0.2) is 12.4 Å². The lowest BCUT2D eigenvalue weighted by Crippen LogP contribution is -2.27. The fourth-order valence-electron chi connectivity index (χ4n) is 4.13. The zero-order valence-corrected chi connectivity index (χ0v) is 20.9. The molecule has 1 aliphatic carbocycles. The fraction of sp³-hybridized carbons (Fsp3) is 0.280. The molecule has 0 bridgehead atoms. The molecule has 0 aromatic heterocycles. The second-order valence-corrected chi connectivity index (χ2v) is 9.32. The van der Waals surface area contributed by atoms with Gasteiger partial charge in [0.15, 0.2) is 17.3 Å². The second kappa shape index (κ2) is 10.1. The van der Waals surface area contributed by atoms with Gasteiger partial charge in [-0.3, -0.25) is 4.79 Å². The number of benzene rings is 2. The minimum Gasteiger partial charge on any atom is -0.490 e. The maximum absolute atomic E-state index is 12.9. The van der Waals surface area contributed by atoms with E-state index in [2.05, 4.69) is 28.7 Å². The molecule has 2 aromatic carbocycles. The third-order valence-corrected chi connectivity index (χ3v) is 6.58. The molecule has 0 radical (unpaired) electrons. The van der Waals surface area contributed by atoms with E-state index in [0.29, 0.717) is 60.3 Å². The van der Waals surface area contributed by atoms with Crippen molar-refractivity contribution in [2.45, 2.75) is 38.7 Å². The summed E-state index contributed by atoms with van der Waals surface area (Å²) < 4.78 is 18.5. The van der Waals surface area contributed by atoms with E-state index in [-0.39, 0.29) is 17.2 Å². The predicted octanol–water partition coefficient (Wildman–Crippen LogP) is 5.74. The van der Waals surface area contributed by atoms with E-state index in [9.17, 15) is 10.1 Å². The summed E-state index contributed by atoms with van der Waals surface area (Å²) in [5.74, 6) is 1.12. The van der Waals surface area contributed by atoms with Gasteiger partial charge in [-0.1, -0.05) is 23.7 Å². The number of nitrogens with zero attached hydrogens (tertiary/aromatic N) is 1. The Labute approximate surface area is 211 Å². The van der Waals surface area contributed by atoms with Crippen LogP contribution in [0.3, 0.4) is 0 Å². The summed E-state index contributed by atoms with van der Waals surface area (Å²) in [4.78, 5) is 12.9. The van der Waals surface area contributed by atoms with Gasteiger partial charge >= 0.3 is 0 Å². The normalized spacial score (nSPS) is 17.9. The molecule has 170 valence electrons. The van der Waals surface area contributed by atoms with Gasteiger partial charge in [-0.2, -0.15) is 5.26 Å². The Kier molecular flexibility index (Phi) is 7.15.